The van der Waals surface area contributed by atoms with Crippen molar-refractivity contribution in [2.24, 2.45) is 0 Å². The van der Waals surface area contributed by atoms with Gasteiger partial charge in [0.2, 0.25) is 0 Å². The van der Waals surface area contributed by atoms with Gasteiger partial charge in [0.25, 0.3) is 0 Å². The van der Waals surface area contributed by atoms with Gasteiger partial charge in [-0.05, 0) is 161 Å². The molecule has 2 nitrogen and oxygen atoms in total. The minimum atomic E-state index is -1.24. The van der Waals surface area contributed by atoms with E-state index in [0.717, 1.165) is 29.0 Å². The lowest BCUT2D eigenvalue weighted by Crippen LogP contribution is -2.31. The Morgan fingerprint density at radius 2 is 0.494 bits per heavy atom. The number of hydrogen-bond donors (Lipinski definition) is 0. The Hall–Kier alpha value is -4.22. The van der Waals surface area contributed by atoms with E-state index in [0.29, 0.717) is 0 Å². The van der Waals surface area contributed by atoms with Gasteiger partial charge in [-0.25, -0.2) is 0 Å². The smallest absolute Gasteiger partial charge is 0.128 e. The lowest BCUT2D eigenvalue weighted by atomic mass is 9.81. The molecule has 0 saturated carbocycles. The van der Waals surface area contributed by atoms with Gasteiger partial charge in [0.05, 0.1) is 12.2 Å². The van der Waals surface area contributed by atoms with Gasteiger partial charge in [0.1, 0.15) is 11.5 Å². The molecule has 1 heterocycles. The Bertz CT molecular complexity index is 2620. The Morgan fingerprint density at radius 3 is 0.675 bits per heavy atom. The summed E-state index contributed by atoms with van der Waals surface area (Å²) in [6.45, 7) is 61.4. The lowest BCUT2D eigenvalue weighted by Gasteiger charge is -2.34. The summed E-state index contributed by atoms with van der Waals surface area (Å²) < 4.78 is 14.9. The average molecular weight is 1070 g/mol. The van der Waals surface area contributed by atoms with Gasteiger partial charge in [0, 0.05) is 17.5 Å². The van der Waals surface area contributed by atoms with Crippen molar-refractivity contribution in [3.05, 3.63) is 154 Å². The molecular weight excluding hydrogens is 971 g/mol. The molecule has 1 aliphatic rings. The van der Waals surface area contributed by atoms with Gasteiger partial charge in [-0.15, -0.1) is 0 Å². The second-order valence-corrected chi connectivity index (χ2v) is 35.5. The van der Waals surface area contributed by atoms with Gasteiger partial charge in [-0.1, -0.05) is 263 Å². The van der Waals surface area contributed by atoms with E-state index in [-0.39, 0.29) is 55.5 Å². The van der Waals surface area contributed by atoms with Crippen LogP contribution in [-0.4, -0.2) is 12.2 Å². The third kappa shape index (κ3) is 13.7. The van der Waals surface area contributed by atoms with E-state index in [9.17, 15) is 0 Å². The SMILES string of the molecule is C[C@H]1C[C@H](C)Oc2cccc(P(c3cc(C(C)(C)C)cc(C(C)(C)C)c3)c3cc(C(C)(C)C)cc(C(C)(C)C)c3)c2-c2c(cccc2P(c2cc(C(C)(C)C)cc(C(C)(C)C)c2)c2cc(C(C)(C)C)cc(C(C)(C)C)c2)O1. The van der Waals surface area contributed by atoms with E-state index < -0.39 is 15.8 Å². The van der Waals surface area contributed by atoms with Crippen LogP contribution in [0.1, 0.15) is 231 Å². The minimum Gasteiger partial charge on any atom is -0.490 e. The Kier molecular flexibility index (Phi) is 16.5. The number of benzene rings is 6. The molecule has 0 spiro atoms. The molecule has 0 N–H and O–H groups in total. The van der Waals surface area contributed by atoms with Crippen LogP contribution in [0.5, 0.6) is 11.5 Å². The highest BCUT2D eigenvalue weighted by Gasteiger charge is 2.36. The van der Waals surface area contributed by atoms with Crippen LogP contribution in [0.2, 0.25) is 0 Å². The van der Waals surface area contributed by atoms with Crippen LogP contribution >= 0.6 is 15.8 Å². The van der Waals surface area contributed by atoms with Crippen LogP contribution in [-0.2, 0) is 43.3 Å². The van der Waals surface area contributed by atoms with E-state index in [4.69, 9.17) is 9.47 Å². The van der Waals surface area contributed by atoms with Gasteiger partial charge in [-0.3, -0.25) is 0 Å². The van der Waals surface area contributed by atoms with Crippen LogP contribution in [0.3, 0.4) is 0 Å². The molecule has 6 aromatic carbocycles. The summed E-state index contributed by atoms with van der Waals surface area (Å²) >= 11 is 0. The van der Waals surface area contributed by atoms with E-state index in [1.807, 2.05) is 0 Å². The van der Waals surface area contributed by atoms with Gasteiger partial charge < -0.3 is 9.47 Å². The molecule has 414 valence electrons. The van der Waals surface area contributed by atoms with Crippen molar-refractivity contribution in [3.63, 3.8) is 0 Å². The molecule has 0 aromatic heterocycles. The summed E-state index contributed by atoms with van der Waals surface area (Å²) in [6, 6.07) is 44.5. The summed E-state index contributed by atoms with van der Waals surface area (Å²) in [5, 5.41) is 8.03. The molecule has 7 rings (SSSR count). The monoisotopic (exact) mass is 1070 g/mol. The van der Waals surface area contributed by atoms with Crippen LogP contribution in [0.4, 0.5) is 0 Å². The van der Waals surface area contributed by atoms with Gasteiger partial charge in [-0.2, -0.15) is 0 Å². The van der Waals surface area contributed by atoms with E-state index >= 15 is 0 Å². The molecule has 0 radical (unpaired) electrons. The molecule has 0 saturated heterocycles. The highest BCUT2D eigenvalue weighted by atomic mass is 31.1. The normalized spacial score (nSPS) is 16.3. The van der Waals surface area contributed by atoms with E-state index in [2.05, 4.69) is 289 Å². The van der Waals surface area contributed by atoms with Crippen molar-refractivity contribution < 1.29 is 9.47 Å². The zero-order valence-corrected chi connectivity index (χ0v) is 54.8. The molecule has 2 atom stereocenters. The second-order valence-electron chi connectivity index (χ2n) is 31.1. The Labute approximate surface area is 472 Å². The van der Waals surface area contributed by atoms with Gasteiger partial charge in [0.15, 0.2) is 0 Å². The fourth-order valence-electron chi connectivity index (χ4n) is 10.4. The van der Waals surface area contributed by atoms with Crippen molar-refractivity contribution in [2.75, 3.05) is 0 Å². The maximum atomic E-state index is 7.46. The first-order valence-electron chi connectivity index (χ1n) is 28.9. The van der Waals surface area contributed by atoms with E-state index in [1.54, 1.807) is 0 Å². The summed E-state index contributed by atoms with van der Waals surface area (Å²) in [5.74, 6) is 1.85. The number of hydrogen-bond acceptors (Lipinski definition) is 2. The predicted molar refractivity (Wildman–Crippen MR) is 344 cm³/mol. The van der Waals surface area contributed by atoms with Crippen molar-refractivity contribution in [1.29, 1.82) is 0 Å². The van der Waals surface area contributed by atoms with Gasteiger partial charge >= 0.3 is 0 Å². The molecule has 0 unspecified atom stereocenters. The van der Waals surface area contributed by atoms with Crippen LogP contribution in [0, 0.1) is 0 Å². The Balaban J connectivity index is 1.77. The predicted octanol–water partition coefficient (Wildman–Crippen LogP) is 18.2. The second kappa shape index (κ2) is 21.0. The van der Waals surface area contributed by atoms with Crippen molar-refractivity contribution in [2.45, 2.75) is 242 Å². The number of fused-ring (bicyclic) bond motifs is 3. The molecule has 0 amide bonds. The number of ether oxygens (including phenoxy) is 2. The topological polar surface area (TPSA) is 18.5 Å². The average Bonchev–Trinajstić information content (AvgIpc) is 3.32. The number of rotatable bonds is 6. The molecule has 1 aliphatic heterocycles. The quantitative estimate of drug-likeness (QED) is 0.155. The molecule has 4 heteroatoms. The first-order chi connectivity index (χ1) is 35.0. The summed E-state index contributed by atoms with van der Waals surface area (Å²) in [6.07, 6.45) is 0.578. The largest absolute Gasteiger partial charge is 0.490 e. The molecule has 0 aliphatic carbocycles. The maximum Gasteiger partial charge on any atom is 0.128 e. The fourth-order valence-corrected chi connectivity index (χ4v) is 15.6. The molecule has 0 bridgehead atoms. The highest BCUT2D eigenvalue weighted by Crippen LogP contribution is 2.51. The fraction of sp³-hybridized carbons (Fsp3) is 0.507. The van der Waals surface area contributed by atoms with Crippen LogP contribution in [0.25, 0.3) is 11.1 Å². The molecule has 0 fully saturated rings. The van der Waals surface area contributed by atoms with Crippen LogP contribution < -0.4 is 41.3 Å². The zero-order chi connectivity index (χ0) is 57.6. The molecular formula is C73H100O2P2. The van der Waals surface area contributed by atoms with Crippen LogP contribution in [0.15, 0.2) is 109 Å². The lowest BCUT2D eigenvalue weighted by molar-refractivity contribution is 0.134. The summed E-state index contributed by atoms with van der Waals surface area (Å²) in [4.78, 5) is 0. The van der Waals surface area contributed by atoms with Crippen molar-refractivity contribution in [3.8, 4) is 22.6 Å². The highest BCUT2D eigenvalue weighted by molar-refractivity contribution is 7.80. The third-order valence-electron chi connectivity index (χ3n) is 15.7. The molecule has 6 aromatic rings. The first-order valence-corrected chi connectivity index (χ1v) is 31.5. The van der Waals surface area contributed by atoms with Crippen molar-refractivity contribution in [1.82, 2.24) is 0 Å². The Morgan fingerprint density at radius 1 is 0.299 bits per heavy atom. The molecule has 77 heavy (non-hydrogen) atoms. The summed E-state index contributed by atoms with van der Waals surface area (Å²) in [5.41, 5.74) is 12.6. The summed E-state index contributed by atoms with van der Waals surface area (Å²) in [7, 11) is -2.49. The minimum absolute atomic E-state index is 0.0800. The van der Waals surface area contributed by atoms with Crippen molar-refractivity contribution >= 4 is 47.7 Å². The zero-order valence-electron chi connectivity index (χ0n) is 53.0. The van der Waals surface area contributed by atoms with E-state index in [1.165, 1.54) is 76.3 Å². The maximum absolute atomic E-state index is 7.46. The standard InChI is InChI=1S/C73H100O2P2/c1-46-33-47(2)75-61-30-28-32-63(77(58-42-52(70(15,16)17)36-53(43-58)71(18,19)20)59-44-54(72(21,22)23)37-55(45-59)73(24,25)26)65(61)64-60(74-46)29-27-31-62(64)76(56-38-48(66(3,4)5)34-49(39-56)67(6,7)8)57-40-50(68(9,10)11)35-51(41-57)69(12,13)14/h27-32,34-47H,33H2,1-26H3/t46-,47-/m0/s1. The third-order valence-corrected chi connectivity index (χ3v) is 20.5. The first kappa shape index (κ1) is 60.4.